The molecule has 2 aromatic rings. The summed E-state index contributed by atoms with van der Waals surface area (Å²) < 4.78 is 28.6. The first-order valence-corrected chi connectivity index (χ1v) is 11.9. The second kappa shape index (κ2) is 9.59. The van der Waals surface area contributed by atoms with Crippen LogP contribution >= 0.6 is 0 Å². The molecule has 2 saturated heterocycles. The standard InChI is InChI=1S/C27H36NO7/c1-28(2)19-9-10-20(28)16-21(15-19)35-26(29)27(30,17-7-11-22(31-3)24(13-17)33-5)18-8-12-23(32-4)25(14-18)34-6/h7-8,11-14,19-21,30H,9-10,15-16H2,1-6H3/q+1. The SMILES string of the molecule is COc1ccc(C(O)(C(=O)OC2CC3CCC(C2)[N+]3(C)C)c2ccc(OC)c(OC)c2)cc1OC. The van der Waals surface area contributed by atoms with Crippen LogP contribution in [0, 0.1) is 0 Å². The smallest absolute Gasteiger partial charge is 0.347 e. The molecule has 2 heterocycles. The first kappa shape index (κ1) is 25.1. The predicted molar refractivity (Wildman–Crippen MR) is 130 cm³/mol. The molecule has 0 radical (unpaired) electrons. The minimum Gasteiger partial charge on any atom is -0.493 e. The average Bonchev–Trinajstić information content (AvgIpc) is 3.02. The number of hydrogen-bond donors (Lipinski definition) is 1. The lowest BCUT2D eigenvalue weighted by molar-refractivity contribution is -0.931. The summed E-state index contributed by atoms with van der Waals surface area (Å²) in [7, 11) is 10.6. The molecule has 2 bridgehead atoms. The molecule has 190 valence electrons. The number of carbonyl (C=O) groups is 1. The van der Waals surface area contributed by atoms with Crippen molar-refractivity contribution in [3.8, 4) is 23.0 Å². The van der Waals surface area contributed by atoms with E-state index in [1.165, 1.54) is 28.4 Å². The molecule has 2 aliphatic rings. The van der Waals surface area contributed by atoms with E-state index in [1.807, 2.05) is 0 Å². The van der Waals surface area contributed by atoms with Crippen LogP contribution in [0.4, 0.5) is 0 Å². The molecule has 35 heavy (non-hydrogen) atoms. The van der Waals surface area contributed by atoms with Crippen LogP contribution in [0.15, 0.2) is 36.4 Å². The molecule has 1 N–H and O–H groups in total. The Hall–Kier alpha value is -2.97. The van der Waals surface area contributed by atoms with Crippen LogP contribution in [0.25, 0.3) is 0 Å². The quantitative estimate of drug-likeness (QED) is 0.453. The van der Waals surface area contributed by atoms with E-state index in [2.05, 4.69) is 14.1 Å². The van der Waals surface area contributed by atoms with E-state index in [-0.39, 0.29) is 6.10 Å². The van der Waals surface area contributed by atoms with E-state index in [1.54, 1.807) is 36.4 Å². The molecule has 8 heteroatoms. The average molecular weight is 487 g/mol. The van der Waals surface area contributed by atoms with Crippen molar-refractivity contribution in [1.29, 1.82) is 0 Å². The number of fused-ring (bicyclic) bond motifs is 2. The van der Waals surface area contributed by atoms with Crippen molar-refractivity contribution in [2.75, 3.05) is 42.5 Å². The van der Waals surface area contributed by atoms with Gasteiger partial charge in [-0.25, -0.2) is 4.79 Å². The zero-order valence-electron chi connectivity index (χ0n) is 21.4. The van der Waals surface area contributed by atoms with Crippen molar-refractivity contribution >= 4 is 5.97 Å². The van der Waals surface area contributed by atoms with Gasteiger partial charge in [-0.3, -0.25) is 0 Å². The number of ether oxygens (including phenoxy) is 5. The fourth-order valence-corrected chi connectivity index (χ4v) is 5.69. The first-order valence-electron chi connectivity index (χ1n) is 11.9. The molecule has 4 rings (SSSR count). The number of piperidine rings is 1. The molecule has 0 aliphatic carbocycles. The minimum atomic E-state index is -2.10. The third kappa shape index (κ3) is 4.29. The Morgan fingerprint density at radius 2 is 1.23 bits per heavy atom. The molecule has 8 nitrogen and oxygen atoms in total. The Kier molecular flexibility index (Phi) is 6.88. The van der Waals surface area contributed by atoms with Gasteiger partial charge in [-0.2, -0.15) is 0 Å². The zero-order chi connectivity index (χ0) is 25.4. The topological polar surface area (TPSA) is 83.5 Å². The maximum absolute atomic E-state index is 13.8. The Balaban J connectivity index is 1.74. The lowest BCUT2D eigenvalue weighted by Gasteiger charge is -2.44. The van der Waals surface area contributed by atoms with Crippen LogP contribution in [0.1, 0.15) is 36.8 Å². The number of methoxy groups -OCH3 is 4. The molecule has 2 aliphatic heterocycles. The zero-order valence-corrected chi connectivity index (χ0v) is 21.4. The van der Waals surface area contributed by atoms with Crippen LogP contribution in [0.2, 0.25) is 0 Å². The lowest BCUT2D eigenvalue weighted by Crippen LogP contribution is -2.56. The van der Waals surface area contributed by atoms with E-state index >= 15 is 0 Å². The molecule has 0 saturated carbocycles. The molecule has 0 amide bonds. The van der Waals surface area contributed by atoms with Crippen molar-refractivity contribution in [1.82, 2.24) is 0 Å². The highest BCUT2D eigenvalue weighted by atomic mass is 16.6. The van der Waals surface area contributed by atoms with Gasteiger partial charge in [0.15, 0.2) is 23.0 Å². The summed E-state index contributed by atoms with van der Waals surface area (Å²) >= 11 is 0. The lowest BCUT2D eigenvalue weighted by atomic mass is 9.85. The van der Waals surface area contributed by atoms with E-state index in [9.17, 15) is 9.90 Å². The monoisotopic (exact) mass is 486 g/mol. The molecule has 2 aromatic carbocycles. The second-order valence-corrected chi connectivity index (χ2v) is 9.86. The Labute approximate surface area is 206 Å². The summed E-state index contributed by atoms with van der Waals surface area (Å²) in [6.07, 6.45) is 3.56. The maximum Gasteiger partial charge on any atom is 0.347 e. The third-order valence-corrected chi connectivity index (χ3v) is 7.96. The van der Waals surface area contributed by atoms with E-state index in [0.717, 1.165) is 30.2 Å². The molecule has 2 fully saturated rings. The minimum absolute atomic E-state index is 0.252. The number of benzene rings is 2. The van der Waals surface area contributed by atoms with Crippen molar-refractivity contribution in [3.05, 3.63) is 47.5 Å². The van der Waals surface area contributed by atoms with Crippen LogP contribution < -0.4 is 18.9 Å². The van der Waals surface area contributed by atoms with Gasteiger partial charge >= 0.3 is 5.97 Å². The van der Waals surface area contributed by atoms with Gasteiger partial charge in [-0.05, 0) is 24.3 Å². The van der Waals surface area contributed by atoms with E-state index in [0.29, 0.717) is 46.2 Å². The molecule has 0 spiro atoms. The summed E-state index contributed by atoms with van der Waals surface area (Å²) in [4.78, 5) is 13.8. The fraction of sp³-hybridized carbons (Fsp3) is 0.519. The highest BCUT2D eigenvalue weighted by molar-refractivity contribution is 5.86. The molecule has 2 atom stereocenters. The first-order chi connectivity index (χ1) is 16.7. The van der Waals surface area contributed by atoms with Gasteiger partial charge in [0, 0.05) is 36.8 Å². The molecule has 2 unspecified atom stereocenters. The summed E-state index contributed by atoms with van der Waals surface area (Å²) in [5.74, 6) is 1.04. The van der Waals surface area contributed by atoms with Gasteiger partial charge in [0.05, 0.1) is 54.6 Å². The third-order valence-electron chi connectivity index (χ3n) is 7.96. The van der Waals surface area contributed by atoms with Gasteiger partial charge in [0.1, 0.15) is 6.10 Å². The van der Waals surface area contributed by atoms with Crippen LogP contribution in [0.5, 0.6) is 23.0 Å². The van der Waals surface area contributed by atoms with E-state index in [4.69, 9.17) is 23.7 Å². The molecular weight excluding hydrogens is 450 g/mol. The fourth-order valence-electron chi connectivity index (χ4n) is 5.69. The number of nitrogens with zero attached hydrogens (tertiary/aromatic N) is 1. The largest absolute Gasteiger partial charge is 0.493 e. The number of esters is 1. The van der Waals surface area contributed by atoms with Crippen LogP contribution in [-0.4, -0.2) is 76.3 Å². The maximum atomic E-state index is 13.8. The Morgan fingerprint density at radius 1 is 0.800 bits per heavy atom. The van der Waals surface area contributed by atoms with Crippen molar-refractivity contribution in [2.45, 2.75) is 49.5 Å². The number of quaternary nitrogens is 1. The van der Waals surface area contributed by atoms with Crippen molar-refractivity contribution in [2.24, 2.45) is 0 Å². The van der Waals surface area contributed by atoms with Gasteiger partial charge < -0.3 is 33.3 Å². The summed E-state index contributed by atoms with van der Waals surface area (Å²) in [5, 5.41) is 12.1. The Morgan fingerprint density at radius 3 is 1.63 bits per heavy atom. The molecular formula is C27H36NO7+. The number of rotatable bonds is 8. The molecule has 0 aromatic heterocycles. The van der Waals surface area contributed by atoms with Crippen LogP contribution in [0.3, 0.4) is 0 Å². The van der Waals surface area contributed by atoms with Gasteiger partial charge in [-0.1, -0.05) is 12.1 Å². The number of carbonyl (C=O) groups excluding carboxylic acids is 1. The van der Waals surface area contributed by atoms with Gasteiger partial charge in [0.25, 0.3) is 0 Å². The highest BCUT2D eigenvalue weighted by Gasteiger charge is 2.51. The van der Waals surface area contributed by atoms with E-state index < -0.39 is 11.6 Å². The second-order valence-electron chi connectivity index (χ2n) is 9.86. The normalized spacial score (nSPS) is 22.9. The number of aliphatic hydroxyl groups is 1. The Bertz CT molecular complexity index is 1010. The summed E-state index contributed by atoms with van der Waals surface area (Å²) in [6, 6.07) is 10.7. The van der Waals surface area contributed by atoms with Gasteiger partial charge in [-0.15, -0.1) is 0 Å². The summed E-state index contributed by atoms with van der Waals surface area (Å²) in [5.41, 5.74) is -1.48. The van der Waals surface area contributed by atoms with Crippen LogP contribution in [-0.2, 0) is 15.1 Å². The van der Waals surface area contributed by atoms with Gasteiger partial charge in [0.2, 0.25) is 5.60 Å². The number of hydrogen-bond acceptors (Lipinski definition) is 7. The predicted octanol–water partition coefficient (Wildman–Crippen LogP) is 3.27. The van der Waals surface area contributed by atoms with Crippen molar-refractivity contribution in [3.63, 3.8) is 0 Å². The van der Waals surface area contributed by atoms with Crippen molar-refractivity contribution < 1.29 is 38.1 Å². The summed E-state index contributed by atoms with van der Waals surface area (Å²) in [6.45, 7) is 0. The highest BCUT2D eigenvalue weighted by Crippen LogP contribution is 2.43.